The molecule has 0 heterocycles. The van der Waals surface area contributed by atoms with Gasteiger partial charge in [0.2, 0.25) is 0 Å². The molecule has 0 N–H and O–H groups in total. The van der Waals surface area contributed by atoms with Gasteiger partial charge in [-0.1, -0.05) is 18.2 Å². The van der Waals surface area contributed by atoms with Gasteiger partial charge in [-0.15, -0.1) is 0 Å². The van der Waals surface area contributed by atoms with Crippen molar-refractivity contribution in [2.24, 2.45) is 0 Å². The first-order valence-electron chi connectivity index (χ1n) is 3.87. The van der Waals surface area contributed by atoms with Gasteiger partial charge >= 0.3 is 0 Å². The van der Waals surface area contributed by atoms with Gasteiger partial charge in [0.25, 0.3) is 0 Å². The topological polar surface area (TPSA) is 26.3 Å². The third-order valence-corrected chi connectivity index (χ3v) is 1.10. The number of ether oxygens (including phenoxy) is 1. The summed E-state index contributed by atoms with van der Waals surface area (Å²) < 4.78 is 5.09. The minimum atomic E-state index is 0.105. The lowest BCUT2D eigenvalue weighted by Gasteiger charge is -2.00. The van der Waals surface area contributed by atoms with Crippen LogP contribution >= 0.6 is 0 Å². The smallest absolute Gasteiger partial charge is 0.157 e. The van der Waals surface area contributed by atoms with E-state index in [1.807, 2.05) is 44.2 Å². The fraction of sp³-hybridized carbons (Fsp3) is 0.300. The van der Waals surface area contributed by atoms with Gasteiger partial charge in [-0.05, 0) is 26.0 Å². The van der Waals surface area contributed by atoms with Crippen LogP contribution in [0.5, 0.6) is 0 Å². The molecule has 0 radical (unpaired) electrons. The van der Waals surface area contributed by atoms with E-state index in [0.29, 0.717) is 5.76 Å². The second kappa shape index (κ2) is 7.79. The number of hydrogen-bond acceptors (Lipinski definition) is 2. The largest absolute Gasteiger partial charge is 0.486 e. The first-order valence-corrected chi connectivity index (χ1v) is 3.87. The summed E-state index contributed by atoms with van der Waals surface area (Å²) in [6.45, 7) is 3.92. The predicted molar refractivity (Wildman–Crippen MR) is 49.7 cm³/mol. The molecule has 0 aliphatic heterocycles. The van der Waals surface area contributed by atoms with Crippen LogP contribution in [0.1, 0.15) is 13.8 Å². The molecule has 12 heavy (non-hydrogen) atoms. The SMILES string of the molecule is C\C=C/C(=C\C=C\C)OCC=O. The average molecular weight is 166 g/mol. The Morgan fingerprint density at radius 1 is 1.33 bits per heavy atom. The molecule has 0 amide bonds. The molecule has 0 saturated heterocycles. The van der Waals surface area contributed by atoms with Crippen molar-refractivity contribution in [2.75, 3.05) is 6.61 Å². The second-order valence-electron chi connectivity index (χ2n) is 2.07. The summed E-state index contributed by atoms with van der Waals surface area (Å²) in [7, 11) is 0. The summed E-state index contributed by atoms with van der Waals surface area (Å²) in [4.78, 5) is 9.99. The van der Waals surface area contributed by atoms with Gasteiger partial charge in [0.05, 0.1) is 0 Å². The van der Waals surface area contributed by atoms with E-state index in [2.05, 4.69) is 0 Å². The average Bonchev–Trinajstić information content (AvgIpc) is 2.10. The van der Waals surface area contributed by atoms with Crippen LogP contribution in [-0.4, -0.2) is 12.9 Å². The summed E-state index contributed by atoms with van der Waals surface area (Å²) >= 11 is 0. The van der Waals surface area contributed by atoms with Crippen molar-refractivity contribution in [1.82, 2.24) is 0 Å². The van der Waals surface area contributed by atoms with Gasteiger partial charge in [-0.3, -0.25) is 4.79 Å². The van der Waals surface area contributed by atoms with Gasteiger partial charge in [0.1, 0.15) is 12.4 Å². The van der Waals surface area contributed by atoms with E-state index in [1.54, 1.807) is 0 Å². The highest BCUT2D eigenvalue weighted by Crippen LogP contribution is 1.99. The third kappa shape index (κ3) is 5.47. The van der Waals surface area contributed by atoms with E-state index in [1.165, 1.54) is 0 Å². The molecule has 2 heteroatoms. The Morgan fingerprint density at radius 2 is 2.08 bits per heavy atom. The van der Waals surface area contributed by atoms with Gasteiger partial charge < -0.3 is 4.74 Å². The van der Waals surface area contributed by atoms with Crippen molar-refractivity contribution in [3.05, 3.63) is 36.1 Å². The summed E-state index contributed by atoms with van der Waals surface area (Å²) in [5.74, 6) is 0.697. The molecule has 0 atom stereocenters. The molecule has 2 nitrogen and oxygen atoms in total. The van der Waals surface area contributed by atoms with Gasteiger partial charge in [0.15, 0.2) is 6.29 Å². The maximum Gasteiger partial charge on any atom is 0.157 e. The highest BCUT2D eigenvalue weighted by atomic mass is 16.5. The third-order valence-electron chi connectivity index (χ3n) is 1.10. The molecule has 0 aliphatic rings. The Labute approximate surface area is 73.2 Å². The molecule has 0 fully saturated rings. The van der Waals surface area contributed by atoms with Crippen molar-refractivity contribution in [3.8, 4) is 0 Å². The second-order valence-corrected chi connectivity index (χ2v) is 2.07. The lowest BCUT2D eigenvalue weighted by atomic mass is 10.3. The molecular weight excluding hydrogens is 152 g/mol. The Balaban J connectivity index is 4.11. The van der Waals surface area contributed by atoms with E-state index < -0.39 is 0 Å². The molecule has 0 aromatic heterocycles. The quantitative estimate of drug-likeness (QED) is 0.355. The fourth-order valence-corrected chi connectivity index (χ4v) is 0.637. The Morgan fingerprint density at radius 3 is 2.58 bits per heavy atom. The van der Waals surface area contributed by atoms with E-state index in [4.69, 9.17) is 4.74 Å². The molecule has 0 aromatic carbocycles. The zero-order chi connectivity index (χ0) is 9.23. The van der Waals surface area contributed by atoms with Crippen molar-refractivity contribution in [2.45, 2.75) is 13.8 Å². The molecule has 66 valence electrons. The number of carbonyl (C=O) groups excluding carboxylic acids is 1. The van der Waals surface area contributed by atoms with E-state index >= 15 is 0 Å². The molecule has 0 rings (SSSR count). The van der Waals surface area contributed by atoms with Crippen molar-refractivity contribution in [3.63, 3.8) is 0 Å². The lowest BCUT2D eigenvalue weighted by molar-refractivity contribution is -0.110. The molecule has 0 aromatic rings. The van der Waals surface area contributed by atoms with Crippen LogP contribution in [-0.2, 0) is 9.53 Å². The molecule has 0 bridgehead atoms. The Bertz CT molecular complexity index is 200. The highest BCUT2D eigenvalue weighted by Gasteiger charge is 1.88. The maximum absolute atomic E-state index is 9.99. The number of allylic oxidation sites excluding steroid dienone is 5. The van der Waals surface area contributed by atoms with Crippen LogP contribution in [0.3, 0.4) is 0 Å². The maximum atomic E-state index is 9.99. The zero-order valence-corrected chi connectivity index (χ0v) is 7.49. The normalized spacial score (nSPS) is 12.7. The minimum absolute atomic E-state index is 0.105. The summed E-state index contributed by atoms with van der Waals surface area (Å²) in [5.41, 5.74) is 0. The molecule has 0 saturated carbocycles. The van der Waals surface area contributed by atoms with Gasteiger partial charge in [-0.2, -0.15) is 0 Å². The van der Waals surface area contributed by atoms with E-state index in [0.717, 1.165) is 6.29 Å². The van der Waals surface area contributed by atoms with E-state index in [-0.39, 0.29) is 6.61 Å². The molecule has 0 aliphatic carbocycles. The lowest BCUT2D eigenvalue weighted by Crippen LogP contribution is -1.92. The number of carbonyl (C=O) groups is 1. The molecule has 0 unspecified atom stereocenters. The van der Waals surface area contributed by atoms with Crippen LogP contribution < -0.4 is 0 Å². The predicted octanol–water partition coefficient (Wildman–Crippen LogP) is 2.24. The van der Waals surface area contributed by atoms with Gasteiger partial charge in [0, 0.05) is 0 Å². The van der Waals surface area contributed by atoms with Crippen LogP contribution in [0.4, 0.5) is 0 Å². The van der Waals surface area contributed by atoms with Crippen LogP contribution in [0.15, 0.2) is 36.1 Å². The van der Waals surface area contributed by atoms with Crippen LogP contribution in [0, 0.1) is 0 Å². The Kier molecular flexibility index (Phi) is 6.94. The van der Waals surface area contributed by atoms with Gasteiger partial charge in [-0.25, -0.2) is 0 Å². The summed E-state index contributed by atoms with van der Waals surface area (Å²) in [6, 6.07) is 0. The summed E-state index contributed by atoms with van der Waals surface area (Å²) in [5, 5.41) is 0. The van der Waals surface area contributed by atoms with Crippen molar-refractivity contribution >= 4 is 6.29 Å². The minimum Gasteiger partial charge on any atom is -0.486 e. The summed E-state index contributed by atoms with van der Waals surface area (Å²) in [6.07, 6.45) is 9.97. The molecular formula is C10H14O2. The number of aldehydes is 1. The number of hydrogen-bond donors (Lipinski definition) is 0. The van der Waals surface area contributed by atoms with E-state index in [9.17, 15) is 4.79 Å². The number of rotatable bonds is 5. The first kappa shape index (κ1) is 10.7. The van der Waals surface area contributed by atoms with Crippen LogP contribution in [0.25, 0.3) is 0 Å². The highest BCUT2D eigenvalue weighted by molar-refractivity contribution is 5.51. The Hall–Kier alpha value is -1.31. The van der Waals surface area contributed by atoms with Crippen LogP contribution in [0.2, 0.25) is 0 Å². The van der Waals surface area contributed by atoms with Crippen molar-refractivity contribution < 1.29 is 9.53 Å². The monoisotopic (exact) mass is 166 g/mol. The fourth-order valence-electron chi connectivity index (χ4n) is 0.637. The standard InChI is InChI=1S/C10H14O2/c1-3-5-7-10(6-4-2)12-9-8-11/h3-8H,9H2,1-2H3/b5-3+,6-4-,10-7+. The molecule has 0 spiro atoms. The zero-order valence-electron chi connectivity index (χ0n) is 7.49. The first-order chi connectivity index (χ1) is 5.85. The van der Waals surface area contributed by atoms with Crippen molar-refractivity contribution in [1.29, 1.82) is 0 Å².